The van der Waals surface area contributed by atoms with Crippen molar-refractivity contribution < 1.29 is 13.0 Å². The molecule has 0 aromatic heterocycles. The Bertz CT molecular complexity index is 251. The number of rotatable bonds is 13. The molecule has 0 spiro atoms. The average Bonchev–Trinajstić information content (AvgIpc) is 2.34. The monoisotopic (exact) mass is 350 g/mol. The van der Waals surface area contributed by atoms with Crippen molar-refractivity contribution >= 4 is 25.9 Å². The fourth-order valence-electron chi connectivity index (χ4n) is 2.78. The highest BCUT2D eigenvalue weighted by Gasteiger charge is 2.28. The van der Waals surface area contributed by atoms with E-state index in [-0.39, 0.29) is 0 Å². The van der Waals surface area contributed by atoms with Gasteiger partial charge in [-0.05, 0) is 44.8 Å². The van der Waals surface area contributed by atoms with Crippen molar-refractivity contribution in [2.75, 3.05) is 14.2 Å². The van der Waals surface area contributed by atoms with Gasteiger partial charge in [-0.15, -0.1) is 0 Å². The van der Waals surface area contributed by atoms with Crippen LogP contribution in [-0.4, -0.2) is 40.1 Å². The standard InChI is InChI=1S/C15H38O3Si3/c1-16-19(17-2)14-12-10-8-9-11-13-15-21(6,7)18-20(3,4)5/h19H,8-15H2,1-7H3. The molecule has 0 aliphatic rings. The third-order valence-electron chi connectivity index (χ3n) is 3.58. The van der Waals surface area contributed by atoms with E-state index >= 15 is 0 Å². The normalized spacial score (nSPS) is 13.1. The van der Waals surface area contributed by atoms with Crippen molar-refractivity contribution in [3.63, 3.8) is 0 Å². The first kappa shape index (κ1) is 21.5. The maximum absolute atomic E-state index is 6.38. The predicted octanol–water partition coefficient (Wildman–Crippen LogP) is 4.90. The van der Waals surface area contributed by atoms with Gasteiger partial charge < -0.3 is 13.0 Å². The van der Waals surface area contributed by atoms with Crippen LogP contribution in [0, 0.1) is 0 Å². The molecule has 0 aromatic rings. The van der Waals surface area contributed by atoms with Crippen molar-refractivity contribution in [1.82, 2.24) is 0 Å². The summed E-state index contributed by atoms with van der Waals surface area (Å²) in [5.74, 6) is 0. The van der Waals surface area contributed by atoms with Gasteiger partial charge in [0.2, 0.25) is 0 Å². The Morgan fingerprint density at radius 2 is 1.19 bits per heavy atom. The summed E-state index contributed by atoms with van der Waals surface area (Å²) < 4.78 is 17.0. The van der Waals surface area contributed by atoms with E-state index < -0.39 is 25.9 Å². The van der Waals surface area contributed by atoms with Crippen LogP contribution in [0.3, 0.4) is 0 Å². The maximum atomic E-state index is 6.38. The minimum absolute atomic E-state index is 1.15. The molecule has 0 fully saturated rings. The summed E-state index contributed by atoms with van der Waals surface area (Å²) in [5, 5.41) is 0. The largest absolute Gasteiger partial charge is 0.456 e. The maximum Gasteiger partial charge on any atom is 0.320 e. The fourth-order valence-corrected chi connectivity index (χ4v) is 12.2. The topological polar surface area (TPSA) is 27.7 Å². The minimum atomic E-state index is -1.40. The first-order chi connectivity index (χ1) is 9.70. The van der Waals surface area contributed by atoms with Crippen molar-refractivity contribution in [3.05, 3.63) is 0 Å². The second kappa shape index (κ2) is 11.1. The van der Waals surface area contributed by atoms with Gasteiger partial charge in [0.15, 0.2) is 16.6 Å². The highest BCUT2D eigenvalue weighted by molar-refractivity contribution is 6.84. The highest BCUT2D eigenvalue weighted by atomic mass is 28.4. The Kier molecular flexibility index (Phi) is 11.4. The third-order valence-corrected chi connectivity index (χ3v) is 11.7. The highest BCUT2D eigenvalue weighted by Crippen LogP contribution is 2.21. The molecule has 3 nitrogen and oxygen atoms in total. The molecule has 0 rings (SSSR count). The Morgan fingerprint density at radius 1 is 0.714 bits per heavy atom. The van der Waals surface area contributed by atoms with Crippen LogP contribution >= 0.6 is 0 Å². The zero-order chi connectivity index (χ0) is 16.4. The van der Waals surface area contributed by atoms with Crippen LogP contribution in [0.5, 0.6) is 0 Å². The van der Waals surface area contributed by atoms with E-state index in [1.807, 2.05) is 0 Å². The van der Waals surface area contributed by atoms with Crippen molar-refractivity contribution in [2.24, 2.45) is 0 Å². The van der Waals surface area contributed by atoms with Crippen LogP contribution in [0.1, 0.15) is 38.5 Å². The Labute approximate surface area is 136 Å². The molecule has 0 aliphatic heterocycles. The summed E-state index contributed by atoms with van der Waals surface area (Å²) in [5.41, 5.74) is 0. The zero-order valence-electron chi connectivity index (χ0n) is 15.5. The van der Waals surface area contributed by atoms with Gasteiger partial charge in [-0.25, -0.2) is 0 Å². The molecule has 0 unspecified atom stereocenters. The first-order valence-electron chi connectivity index (χ1n) is 8.46. The van der Waals surface area contributed by atoms with Crippen LogP contribution in [0.2, 0.25) is 44.8 Å². The van der Waals surface area contributed by atoms with Gasteiger partial charge in [-0.3, -0.25) is 0 Å². The molecule has 0 radical (unpaired) electrons. The van der Waals surface area contributed by atoms with Gasteiger partial charge in [-0.1, -0.05) is 38.5 Å². The Balaban J connectivity index is 3.52. The number of hydrogen-bond donors (Lipinski definition) is 0. The van der Waals surface area contributed by atoms with Crippen molar-refractivity contribution in [2.45, 2.75) is 83.3 Å². The zero-order valence-corrected chi connectivity index (χ0v) is 18.6. The van der Waals surface area contributed by atoms with Crippen LogP contribution in [0.4, 0.5) is 0 Å². The van der Waals surface area contributed by atoms with Gasteiger partial charge in [0.1, 0.15) is 0 Å². The molecule has 0 amide bonds. The molecule has 0 heterocycles. The van der Waals surface area contributed by atoms with Crippen LogP contribution in [0.25, 0.3) is 0 Å². The SMILES string of the molecule is CO[SiH](CCCCCCCC[Si](C)(C)O[Si](C)(C)C)OC. The van der Waals surface area contributed by atoms with Gasteiger partial charge >= 0.3 is 9.28 Å². The predicted molar refractivity (Wildman–Crippen MR) is 100 cm³/mol. The Morgan fingerprint density at radius 3 is 1.67 bits per heavy atom. The molecular formula is C15H38O3Si3. The lowest BCUT2D eigenvalue weighted by atomic mass is 10.1. The lowest BCUT2D eigenvalue weighted by Crippen LogP contribution is -2.42. The molecule has 0 saturated carbocycles. The van der Waals surface area contributed by atoms with Crippen LogP contribution < -0.4 is 0 Å². The van der Waals surface area contributed by atoms with Gasteiger partial charge in [0.05, 0.1) is 0 Å². The molecule has 0 bridgehead atoms. The van der Waals surface area contributed by atoms with Gasteiger partial charge in [-0.2, -0.15) is 0 Å². The molecule has 6 heteroatoms. The molecule has 0 N–H and O–H groups in total. The summed E-state index contributed by atoms with van der Waals surface area (Å²) in [6.07, 6.45) is 8.01. The lowest BCUT2D eigenvalue weighted by Gasteiger charge is -2.31. The van der Waals surface area contributed by atoms with E-state index in [0.29, 0.717) is 0 Å². The minimum Gasteiger partial charge on any atom is -0.456 e. The number of unbranched alkanes of at least 4 members (excludes halogenated alkanes) is 5. The molecule has 0 atom stereocenters. The fraction of sp³-hybridized carbons (Fsp3) is 1.00. The second-order valence-electron chi connectivity index (χ2n) is 7.54. The molecule has 0 aliphatic carbocycles. The van der Waals surface area contributed by atoms with E-state index in [4.69, 9.17) is 13.0 Å². The van der Waals surface area contributed by atoms with E-state index in [1.165, 1.54) is 44.6 Å². The summed E-state index contributed by atoms with van der Waals surface area (Å²) in [4.78, 5) is 0. The smallest absolute Gasteiger partial charge is 0.320 e. The molecule has 0 saturated heterocycles. The Hall–Kier alpha value is 0.531. The van der Waals surface area contributed by atoms with E-state index in [0.717, 1.165) is 6.04 Å². The summed E-state index contributed by atoms with van der Waals surface area (Å²) in [6.45, 7) is 11.7. The van der Waals surface area contributed by atoms with Gasteiger partial charge in [0.25, 0.3) is 0 Å². The summed E-state index contributed by atoms with van der Waals surface area (Å²) in [6, 6.07) is 2.47. The average molecular weight is 351 g/mol. The van der Waals surface area contributed by atoms with Crippen LogP contribution in [-0.2, 0) is 13.0 Å². The van der Waals surface area contributed by atoms with E-state index in [1.54, 1.807) is 14.2 Å². The summed E-state index contributed by atoms with van der Waals surface area (Å²) >= 11 is 0. The first-order valence-corrected chi connectivity index (χ1v) is 16.7. The molecule has 128 valence electrons. The van der Waals surface area contributed by atoms with Crippen LogP contribution in [0.15, 0.2) is 0 Å². The third kappa shape index (κ3) is 13.9. The quantitative estimate of drug-likeness (QED) is 0.349. The lowest BCUT2D eigenvalue weighted by molar-refractivity contribution is 0.276. The van der Waals surface area contributed by atoms with E-state index in [9.17, 15) is 0 Å². The molecule has 21 heavy (non-hydrogen) atoms. The molecule has 0 aromatic carbocycles. The summed E-state index contributed by atoms with van der Waals surface area (Å²) in [7, 11) is -0.523. The van der Waals surface area contributed by atoms with Crippen molar-refractivity contribution in [3.8, 4) is 0 Å². The van der Waals surface area contributed by atoms with Gasteiger partial charge in [0, 0.05) is 14.2 Å². The number of hydrogen-bond acceptors (Lipinski definition) is 3. The molecular weight excluding hydrogens is 312 g/mol. The van der Waals surface area contributed by atoms with E-state index in [2.05, 4.69) is 32.7 Å². The van der Waals surface area contributed by atoms with Crippen molar-refractivity contribution in [1.29, 1.82) is 0 Å². The second-order valence-corrected chi connectivity index (χ2v) is 19.0.